The van der Waals surface area contributed by atoms with Gasteiger partial charge in [0, 0.05) is 31.6 Å². The molecule has 39 heavy (non-hydrogen) atoms. The van der Waals surface area contributed by atoms with Gasteiger partial charge in [0.25, 0.3) is 5.56 Å². The molecule has 202 valence electrons. The number of fused-ring (bicyclic) bond motifs is 1. The molecule has 11 heteroatoms. The molecule has 4 aromatic rings. The van der Waals surface area contributed by atoms with Gasteiger partial charge >= 0.3 is 0 Å². The van der Waals surface area contributed by atoms with Crippen LogP contribution in [-0.4, -0.2) is 70.5 Å². The van der Waals surface area contributed by atoms with Crippen LogP contribution in [0.3, 0.4) is 0 Å². The lowest BCUT2D eigenvalue weighted by molar-refractivity contribution is -0.132. The summed E-state index contributed by atoms with van der Waals surface area (Å²) in [5.74, 6) is 1.40. The minimum absolute atomic E-state index is 0.0361. The summed E-state index contributed by atoms with van der Waals surface area (Å²) in [5, 5.41) is 6.44. The number of carbonyl (C=O) groups is 1. The summed E-state index contributed by atoms with van der Waals surface area (Å²) < 4.78 is 12.6. The van der Waals surface area contributed by atoms with E-state index in [-0.39, 0.29) is 31.1 Å². The van der Waals surface area contributed by atoms with Gasteiger partial charge in [-0.3, -0.25) is 9.59 Å². The Morgan fingerprint density at radius 1 is 0.974 bits per heavy atom. The van der Waals surface area contributed by atoms with Crippen molar-refractivity contribution in [2.24, 2.45) is 0 Å². The predicted octanol–water partition coefficient (Wildman–Crippen LogP) is 3.15. The van der Waals surface area contributed by atoms with Crippen LogP contribution in [0, 0.1) is 0 Å². The lowest BCUT2D eigenvalue weighted by Crippen LogP contribution is -2.49. The van der Waals surface area contributed by atoms with E-state index in [0.29, 0.717) is 54.8 Å². The topological polar surface area (TPSA) is 103 Å². The van der Waals surface area contributed by atoms with Crippen LogP contribution in [0.5, 0.6) is 5.75 Å². The summed E-state index contributed by atoms with van der Waals surface area (Å²) in [6.07, 6.45) is 3.41. The van der Waals surface area contributed by atoms with Gasteiger partial charge in [-0.15, -0.1) is 0 Å². The number of ether oxygens (including phenoxy) is 2. The Kier molecular flexibility index (Phi) is 8.33. The smallest absolute Gasteiger partial charge is 0.274 e. The fraction of sp³-hybridized carbons (Fsp3) is 0.321. The zero-order valence-electron chi connectivity index (χ0n) is 21.6. The number of hydrogen-bond donors (Lipinski definition) is 0. The zero-order chi connectivity index (χ0) is 27.2. The van der Waals surface area contributed by atoms with E-state index in [4.69, 9.17) is 21.1 Å². The number of hydrogen-bond acceptors (Lipinski definition) is 8. The van der Waals surface area contributed by atoms with Gasteiger partial charge in [0.15, 0.2) is 0 Å². The fourth-order valence-corrected chi connectivity index (χ4v) is 4.63. The maximum atomic E-state index is 13.1. The summed E-state index contributed by atoms with van der Waals surface area (Å²) in [7, 11) is 1.61. The first-order valence-corrected chi connectivity index (χ1v) is 13.1. The first-order valence-electron chi connectivity index (χ1n) is 12.7. The highest BCUT2D eigenvalue weighted by molar-refractivity contribution is 6.30. The van der Waals surface area contributed by atoms with Crippen LogP contribution in [0.4, 0.5) is 5.95 Å². The van der Waals surface area contributed by atoms with Gasteiger partial charge in [-0.2, -0.15) is 5.10 Å². The molecule has 0 radical (unpaired) electrons. The number of piperazine rings is 1. The molecular weight excluding hydrogens is 520 g/mol. The number of anilines is 1. The van der Waals surface area contributed by atoms with E-state index in [9.17, 15) is 9.59 Å². The molecule has 1 fully saturated rings. The number of benzene rings is 2. The molecular formula is C28H29ClN6O4. The molecule has 0 bridgehead atoms. The molecule has 0 N–H and O–H groups in total. The average molecular weight is 549 g/mol. The quantitative estimate of drug-likeness (QED) is 0.294. The highest BCUT2D eigenvalue weighted by atomic mass is 35.5. The molecule has 0 saturated carbocycles. The van der Waals surface area contributed by atoms with E-state index in [0.717, 1.165) is 16.7 Å². The molecule has 10 nitrogen and oxygen atoms in total. The lowest BCUT2D eigenvalue weighted by Gasteiger charge is -2.34. The Labute approximate surface area is 230 Å². The summed E-state index contributed by atoms with van der Waals surface area (Å²) in [6.45, 7) is 3.26. The largest absolute Gasteiger partial charge is 0.497 e. The second-order valence-electron chi connectivity index (χ2n) is 9.17. The Hall–Kier alpha value is -4.02. The Morgan fingerprint density at radius 3 is 2.36 bits per heavy atom. The molecule has 2 aromatic carbocycles. The Morgan fingerprint density at radius 2 is 1.67 bits per heavy atom. The molecule has 2 aromatic heterocycles. The van der Waals surface area contributed by atoms with E-state index in [1.54, 1.807) is 25.6 Å². The number of amides is 1. The summed E-state index contributed by atoms with van der Waals surface area (Å²) >= 11 is 5.87. The normalized spacial score (nSPS) is 13.6. The number of nitrogens with zero attached hydrogens (tertiary/aromatic N) is 6. The zero-order valence-corrected chi connectivity index (χ0v) is 22.4. The minimum Gasteiger partial charge on any atom is -0.497 e. The first kappa shape index (κ1) is 26.6. The fourth-order valence-electron chi connectivity index (χ4n) is 4.53. The number of aromatic nitrogens is 4. The monoisotopic (exact) mass is 548 g/mol. The van der Waals surface area contributed by atoms with Crippen LogP contribution in [-0.2, 0) is 22.7 Å². The molecule has 5 rings (SSSR count). The van der Waals surface area contributed by atoms with E-state index in [1.165, 1.54) is 4.68 Å². The SMILES string of the molecule is COc1ccc(Cn2nc(COCCC(=O)N3CCN(c4ncc(Cl)cn4)CC3)c3ccccc3c2=O)cc1. The molecule has 1 amide bonds. The van der Waals surface area contributed by atoms with Crippen molar-refractivity contribution in [1.82, 2.24) is 24.6 Å². The Bertz CT molecular complexity index is 1490. The van der Waals surface area contributed by atoms with Crippen LogP contribution < -0.4 is 15.2 Å². The van der Waals surface area contributed by atoms with Crippen molar-refractivity contribution in [3.8, 4) is 5.75 Å². The van der Waals surface area contributed by atoms with Gasteiger partial charge in [0.1, 0.15) is 5.75 Å². The molecule has 0 aliphatic carbocycles. The van der Waals surface area contributed by atoms with E-state index < -0.39 is 0 Å². The Balaban J connectivity index is 1.17. The number of halogens is 1. The van der Waals surface area contributed by atoms with Gasteiger partial charge in [-0.25, -0.2) is 14.6 Å². The van der Waals surface area contributed by atoms with E-state index in [2.05, 4.69) is 15.1 Å². The maximum absolute atomic E-state index is 13.1. The van der Waals surface area contributed by atoms with Crippen molar-refractivity contribution in [1.29, 1.82) is 0 Å². The van der Waals surface area contributed by atoms with Crippen molar-refractivity contribution in [3.63, 3.8) is 0 Å². The van der Waals surface area contributed by atoms with Crippen molar-refractivity contribution < 1.29 is 14.3 Å². The van der Waals surface area contributed by atoms with Crippen LogP contribution in [0.15, 0.2) is 65.7 Å². The number of carbonyl (C=O) groups excluding carboxylic acids is 1. The first-order chi connectivity index (χ1) is 19.0. The maximum Gasteiger partial charge on any atom is 0.274 e. The minimum atomic E-state index is -0.163. The molecule has 0 spiro atoms. The lowest BCUT2D eigenvalue weighted by atomic mass is 10.1. The van der Waals surface area contributed by atoms with Gasteiger partial charge in [-0.1, -0.05) is 41.9 Å². The molecule has 1 aliphatic rings. The average Bonchev–Trinajstić information content (AvgIpc) is 2.98. The van der Waals surface area contributed by atoms with Crippen molar-refractivity contribution in [3.05, 3.63) is 87.6 Å². The van der Waals surface area contributed by atoms with Crippen LogP contribution in [0.2, 0.25) is 5.02 Å². The van der Waals surface area contributed by atoms with Crippen LogP contribution in [0.25, 0.3) is 10.8 Å². The summed E-state index contributed by atoms with van der Waals surface area (Å²) in [6, 6.07) is 14.9. The van der Waals surface area contributed by atoms with Crippen molar-refractivity contribution >= 4 is 34.2 Å². The standard InChI is InChI=1S/C28H29ClN6O4/c1-38-22-8-6-20(7-9-22)18-35-27(37)24-5-3-2-4-23(24)25(32-35)19-39-15-10-26(36)33-11-13-34(14-12-33)28-30-16-21(29)17-31-28/h2-9,16-17H,10-15,18-19H2,1H3. The number of rotatable bonds is 9. The van der Waals surface area contributed by atoms with Crippen molar-refractivity contribution in [2.45, 2.75) is 19.6 Å². The molecule has 3 heterocycles. The van der Waals surface area contributed by atoms with Crippen LogP contribution in [0.1, 0.15) is 17.7 Å². The number of methoxy groups -OCH3 is 1. The van der Waals surface area contributed by atoms with E-state index in [1.807, 2.05) is 52.3 Å². The third-order valence-corrected chi connectivity index (χ3v) is 6.85. The molecule has 1 aliphatic heterocycles. The molecule has 0 atom stereocenters. The third-order valence-electron chi connectivity index (χ3n) is 6.66. The van der Waals surface area contributed by atoms with Crippen LogP contribution >= 0.6 is 11.6 Å². The second kappa shape index (κ2) is 12.2. The van der Waals surface area contributed by atoms with E-state index >= 15 is 0 Å². The second-order valence-corrected chi connectivity index (χ2v) is 9.61. The van der Waals surface area contributed by atoms with Gasteiger partial charge in [-0.05, 0) is 23.8 Å². The van der Waals surface area contributed by atoms with Crippen molar-refractivity contribution in [2.75, 3.05) is 44.8 Å². The highest BCUT2D eigenvalue weighted by Crippen LogP contribution is 2.17. The third kappa shape index (κ3) is 6.35. The van der Waals surface area contributed by atoms with Gasteiger partial charge in [0.05, 0.1) is 61.8 Å². The summed E-state index contributed by atoms with van der Waals surface area (Å²) in [5.41, 5.74) is 1.42. The highest BCUT2D eigenvalue weighted by Gasteiger charge is 2.22. The molecule has 1 saturated heterocycles. The molecule has 0 unspecified atom stereocenters. The predicted molar refractivity (Wildman–Crippen MR) is 148 cm³/mol. The van der Waals surface area contributed by atoms with Gasteiger partial charge < -0.3 is 19.3 Å². The van der Waals surface area contributed by atoms with Gasteiger partial charge in [0.2, 0.25) is 11.9 Å². The summed E-state index contributed by atoms with van der Waals surface area (Å²) in [4.78, 5) is 38.2.